The van der Waals surface area contributed by atoms with Crippen LogP contribution in [0.15, 0.2) is 36.4 Å². The van der Waals surface area contributed by atoms with Gasteiger partial charge in [-0.15, -0.1) is 0 Å². The first-order chi connectivity index (χ1) is 12.3. The molecule has 3 nitrogen and oxygen atoms in total. The van der Waals surface area contributed by atoms with Gasteiger partial charge in [0.2, 0.25) is 0 Å². The maximum absolute atomic E-state index is 12.8. The Morgan fingerprint density at radius 3 is 1.65 bits per heavy atom. The number of aliphatic carboxylic acids is 1. The summed E-state index contributed by atoms with van der Waals surface area (Å²) < 4.78 is 50.5. The van der Waals surface area contributed by atoms with Gasteiger partial charge in [-0.3, -0.25) is 4.79 Å². The molecule has 4 rings (SSSR count). The molecule has 0 aliphatic heterocycles. The highest BCUT2D eigenvalue weighted by atomic mass is 19.2. The first-order valence-corrected chi connectivity index (χ1v) is 8.16. The summed E-state index contributed by atoms with van der Waals surface area (Å²) in [6.45, 7) is 0. The normalized spacial score (nSPS) is 25.9. The fraction of sp³-hybridized carbons (Fsp3) is 0.316. The average Bonchev–Trinajstić information content (AvgIpc) is 3.49. The molecule has 4 atom stereocenters. The van der Waals surface area contributed by atoms with Gasteiger partial charge in [-0.25, -0.2) is 17.6 Å². The van der Waals surface area contributed by atoms with Crippen LogP contribution in [-0.4, -0.2) is 17.1 Å². The van der Waals surface area contributed by atoms with Crippen molar-refractivity contribution in [2.75, 3.05) is 0 Å². The zero-order valence-corrected chi connectivity index (χ0v) is 13.6. The third-order valence-corrected chi connectivity index (χ3v) is 4.69. The van der Waals surface area contributed by atoms with Crippen molar-refractivity contribution in [1.82, 2.24) is 0 Å². The van der Waals surface area contributed by atoms with Crippen LogP contribution in [0.25, 0.3) is 0 Å². The Labute approximate surface area is 147 Å². The summed E-state index contributed by atoms with van der Waals surface area (Å²) in [7, 11) is 0. The monoisotopic (exact) mass is 367 g/mol. The summed E-state index contributed by atoms with van der Waals surface area (Å²) in [6, 6.07) is 7.64. The molecule has 0 bridgehead atoms. The zero-order chi connectivity index (χ0) is 19.0. The van der Waals surface area contributed by atoms with Gasteiger partial charge in [0.1, 0.15) is 0 Å². The van der Waals surface area contributed by atoms with E-state index in [1.807, 2.05) is 0 Å². The summed E-state index contributed by atoms with van der Waals surface area (Å²) in [5.41, 5.74) is 6.94. The van der Waals surface area contributed by atoms with Crippen LogP contribution in [0.5, 0.6) is 0 Å². The number of carboxylic acids is 1. The van der Waals surface area contributed by atoms with Crippen molar-refractivity contribution in [2.45, 2.75) is 30.7 Å². The highest BCUT2D eigenvalue weighted by Crippen LogP contribution is 2.47. The number of hydrogen-bond acceptors (Lipinski definition) is 2. The second-order valence-electron chi connectivity index (χ2n) is 6.64. The van der Waals surface area contributed by atoms with E-state index in [4.69, 9.17) is 10.8 Å². The number of benzene rings is 2. The zero-order valence-electron chi connectivity index (χ0n) is 13.6. The van der Waals surface area contributed by atoms with Gasteiger partial charge in [-0.1, -0.05) is 12.1 Å². The lowest BCUT2D eigenvalue weighted by molar-refractivity contribution is -0.138. The molecular weight excluding hydrogens is 350 g/mol. The Kier molecular flexibility index (Phi) is 5.00. The molecule has 0 spiro atoms. The van der Waals surface area contributed by atoms with Gasteiger partial charge < -0.3 is 10.8 Å². The van der Waals surface area contributed by atoms with Crippen molar-refractivity contribution in [3.8, 4) is 0 Å². The topological polar surface area (TPSA) is 63.3 Å². The highest BCUT2D eigenvalue weighted by molar-refractivity contribution is 5.75. The molecule has 0 saturated heterocycles. The van der Waals surface area contributed by atoms with Gasteiger partial charge in [0.05, 0.1) is 5.92 Å². The molecule has 2 aromatic rings. The van der Waals surface area contributed by atoms with E-state index in [2.05, 4.69) is 0 Å². The smallest absolute Gasteiger partial charge is 0.307 e. The molecule has 2 fully saturated rings. The van der Waals surface area contributed by atoms with Crippen LogP contribution in [-0.2, 0) is 4.79 Å². The van der Waals surface area contributed by atoms with Crippen molar-refractivity contribution < 1.29 is 27.5 Å². The van der Waals surface area contributed by atoms with Crippen molar-refractivity contribution in [1.29, 1.82) is 0 Å². The Balaban J connectivity index is 0.000000152. The maximum Gasteiger partial charge on any atom is 0.307 e. The van der Waals surface area contributed by atoms with Crippen LogP contribution in [0, 0.1) is 29.2 Å². The standard InChI is InChI=1S/C10H8F2O2.C9H9F2N/c11-8-2-1-5(3-9(8)12)6-4-7(6)10(13)14;10-7-2-1-5(3-8(7)11)6-4-9(6)12/h1-3,6-7H,4H2,(H,13,14);1-3,6,9H,4,12H2/t6?,7-;6?,9-/m11/s1. The van der Waals surface area contributed by atoms with Gasteiger partial charge in [0.25, 0.3) is 0 Å². The molecule has 0 amide bonds. The van der Waals surface area contributed by atoms with Crippen LogP contribution < -0.4 is 5.73 Å². The first kappa shape index (κ1) is 18.4. The molecule has 7 heteroatoms. The molecule has 2 aliphatic rings. The predicted octanol–water partition coefficient (Wildman–Crippen LogP) is 3.93. The van der Waals surface area contributed by atoms with E-state index in [1.165, 1.54) is 12.1 Å². The van der Waals surface area contributed by atoms with E-state index in [1.54, 1.807) is 6.07 Å². The summed E-state index contributed by atoms with van der Waals surface area (Å²) in [5.74, 6) is -4.62. The second-order valence-corrected chi connectivity index (χ2v) is 6.64. The Hall–Kier alpha value is -2.41. The van der Waals surface area contributed by atoms with E-state index in [0.717, 1.165) is 30.2 Å². The van der Waals surface area contributed by atoms with E-state index < -0.39 is 35.2 Å². The van der Waals surface area contributed by atoms with Crippen molar-refractivity contribution in [3.05, 3.63) is 70.8 Å². The van der Waals surface area contributed by atoms with E-state index in [-0.39, 0.29) is 17.9 Å². The third-order valence-electron chi connectivity index (χ3n) is 4.69. The number of nitrogens with two attached hydrogens (primary N) is 1. The van der Waals surface area contributed by atoms with Gasteiger partial charge in [-0.05, 0) is 54.2 Å². The lowest BCUT2D eigenvalue weighted by Crippen LogP contribution is -2.01. The van der Waals surface area contributed by atoms with E-state index in [0.29, 0.717) is 12.0 Å². The second kappa shape index (κ2) is 7.07. The summed E-state index contributed by atoms with van der Waals surface area (Å²) in [6.07, 6.45) is 1.39. The average molecular weight is 367 g/mol. The van der Waals surface area contributed by atoms with Crippen molar-refractivity contribution >= 4 is 5.97 Å². The lowest BCUT2D eigenvalue weighted by Gasteiger charge is -1.99. The minimum Gasteiger partial charge on any atom is -0.481 e. The Morgan fingerprint density at radius 1 is 0.846 bits per heavy atom. The number of carbonyl (C=O) groups is 1. The molecule has 2 unspecified atom stereocenters. The number of hydrogen-bond donors (Lipinski definition) is 2. The molecule has 3 N–H and O–H groups in total. The maximum atomic E-state index is 12.8. The lowest BCUT2D eigenvalue weighted by atomic mass is 10.1. The summed E-state index contributed by atoms with van der Waals surface area (Å²) in [4.78, 5) is 10.5. The molecule has 0 radical (unpaired) electrons. The summed E-state index contributed by atoms with van der Waals surface area (Å²) >= 11 is 0. The molecule has 0 aromatic heterocycles. The molecular formula is C19H17F4NO2. The van der Waals surface area contributed by atoms with Crippen LogP contribution in [0.1, 0.15) is 35.8 Å². The van der Waals surface area contributed by atoms with Gasteiger partial charge >= 0.3 is 5.97 Å². The molecule has 138 valence electrons. The fourth-order valence-electron chi connectivity index (χ4n) is 2.92. The van der Waals surface area contributed by atoms with Gasteiger partial charge in [0.15, 0.2) is 23.3 Å². The van der Waals surface area contributed by atoms with Crippen LogP contribution in [0.4, 0.5) is 17.6 Å². The predicted molar refractivity (Wildman–Crippen MR) is 86.5 cm³/mol. The Morgan fingerprint density at radius 2 is 1.31 bits per heavy atom. The molecule has 0 heterocycles. The van der Waals surface area contributed by atoms with Crippen molar-refractivity contribution in [3.63, 3.8) is 0 Å². The highest BCUT2D eigenvalue weighted by Gasteiger charge is 2.44. The largest absolute Gasteiger partial charge is 0.481 e. The van der Waals surface area contributed by atoms with Gasteiger partial charge in [-0.2, -0.15) is 0 Å². The fourth-order valence-corrected chi connectivity index (χ4v) is 2.92. The van der Waals surface area contributed by atoms with Crippen LogP contribution >= 0.6 is 0 Å². The van der Waals surface area contributed by atoms with Gasteiger partial charge in [0, 0.05) is 12.0 Å². The van der Waals surface area contributed by atoms with Crippen LogP contribution in [0.3, 0.4) is 0 Å². The molecule has 2 aliphatic carbocycles. The first-order valence-electron chi connectivity index (χ1n) is 8.16. The van der Waals surface area contributed by atoms with E-state index in [9.17, 15) is 22.4 Å². The third kappa shape index (κ3) is 4.04. The minimum atomic E-state index is -0.918. The summed E-state index contributed by atoms with van der Waals surface area (Å²) in [5, 5.41) is 8.64. The molecule has 2 saturated carbocycles. The van der Waals surface area contributed by atoms with E-state index >= 15 is 0 Å². The molecule has 2 aromatic carbocycles. The minimum absolute atomic E-state index is 0.134. The molecule has 26 heavy (non-hydrogen) atoms. The SMILES string of the molecule is N[C@@H]1CC1c1ccc(F)c(F)c1.O=C(O)[C@@H]1CC1c1ccc(F)c(F)c1. The van der Waals surface area contributed by atoms with Crippen LogP contribution in [0.2, 0.25) is 0 Å². The Bertz CT molecular complexity index is 842. The number of rotatable bonds is 3. The number of halogens is 4. The van der Waals surface area contributed by atoms with Crippen molar-refractivity contribution in [2.24, 2.45) is 11.7 Å². The number of carboxylic acid groups (broad SMARTS) is 1. The quantitative estimate of drug-likeness (QED) is 0.808.